The van der Waals surface area contributed by atoms with Gasteiger partial charge in [-0.05, 0) is 56.1 Å². The van der Waals surface area contributed by atoms with E-state index >= 15 is 0 Å². The van der Waals surface area contributed by atoms with E-state index in [0.29, 0.717) is 12.3 Å². The summed E-state index contributed by atoms with van der Waals surface area (Å²) in [4.78, 5) is 24.0. The monoisotopic (exact) mass is 374 g/mol. The van der Waals surface area contributed by atoms with Gasteiger partial charge in [0, 0.05) is 25.3 Å². The van der Waals surface area contributed by atoms with Crippen LogP contribution in [0, 0.1) is 24.2 Å². The molecule has 5 heteroatoms. The predicted molar refractivity (Wildman–Crippen MR) is 101 cm³/mol. The quantitative estimate of drug-likeness (QED) is 0.587. The summed E-state index contributed by atoms with van der Waals surface area (Å²) in [5.74, 6) is 0.697. The summed E-state index contributed by atoms with van der Waals surface area (Å²) in [5, 5.41) is 0. The topological polar surface area (TPSA) is 65.7 Å². The van der Waals surface area contributed by atoms with Gasteiger partial charge in [0.15, 0.2) is 0 Å². The summed E-state index contributed by atoms with van der Waals surface area (Å²) in [6.45, 7) is 11.6. The molecule has 0 spiro atoms. The van der Waals surface area contributed by atoms with E-state index in [2.05, 4.69) is 20.8 Å². The number of aryl methyl sites for hydroxylation is 1. The molecule has 0 aromatic carbocycles. The summed E-state index contributed by atoms with van der Waals surface area (Å²) in [6, 6.07) is 0. The van der Waals surface area contributed by atoms with Gasteiger partial charge in [0.05, 0.1) is 6.26 Å². The van der Waals surface area contributed by atoms with Crippen molar-refractivity contribution >= 4 is 11.9 Å². The van der Waals surface area contributed by atoms with E-state index < -0.39 is 12.2 Å². The molecule has 1 fully saturated rings. The molecule has 1 heterocycles. The van der Waals surface area contributed by atoms with E-state index in [1.807, 2.05) is 20.1 Å². The van der Waals surface area contributed by atoms with Gasteiger partial charge < -0.3 is 13.9 Å². The minimum absolute atomic E-state index is 0.0405. The molecule has 0 bridgehead atoms. The average molecular weight is 374 g/mol. The van der Waals surface area contributed by atoms with Crippen LogP contribution in [0.4, 0.5) is 0 Å². The molecule has 27 heavy (non-hydrogen) atoms. The van der Waals surface area contributed by atoms with Crippen LogP contribution in [-0.2, 0) is 31.9 Å². The Hall–Kier alpha value is -2.04. The van der Waals surface area contributed by atoms with Gasteiger partial charge in [0.25, 0.3) is 0 Å². The predicted octanol–water partition coefficient (Wildman–Crippen LogP) is 4.16. The molecule has 148 valence electrons. The molecule has 1 aromatic heterocycles. The van der Waals surface area contributed by atoms with Crippen molar-refractivity contribution in [3.8, 4) is 0 Å². The van der Waals surface area contributed by atoms with Crippen LogP contribution in [-0.4, -0.2) is 24.1 Å². The second-order valence-corrected chi connectivity index (χ2v) is 8.70. The standard InChI is InChI=1S/C22H30O5/c1-12(2)7-20(24)27-19-9-16-8-18-17(13(3)11-25-18)10-22(16,6)14(4)21(19)26-15(5)23/h7,11,14,16,19,21H,8-10H2,1-6H3/t14-,16+,19-,21-,22-/m0/s1. The number of esters is 2. The third-order valence-electron chi connectivity index (χ3n) is 6.51. The molecular formula is C22H30O5. The molecule has 0 saturated heterocycles. The zero-order chi connectivity index (χ0) is 19.9. The highest BCUT2D eigenvalue weighted by Gasteiger charge is 2.55. The Balaban J connectivity index is 1.92. The lowest BCUT2D eigenvalue weighted by Gasteiger charge is -2.53. The van der Waals surface area contributed by atoms with Gasteiger partial charge in [0.1, 0.15) is 18.0 Å². The van der Waals surface area contributed by atoms with Crippen molar-refractivity contribution < 1.29 is 23.5 Å². The molecule has 0 aliphatic heterocycles. The number of fused-ring (bicyclic) bond motifs is 2. The minimum atomic E-state index is -0.442. The third kappa shape index (κ3) is 3.69. The molecule has 2 aliphatic carbocycles. The third-order valence-corrected chi connectivity index (χ3v) is 6.51. The summed E-state index contributed by atoms with van der Waals surface area (Å²) < 4.78 is 17.2. The van der Waals surface area contributed by atoms with Crippen LogP contribution in [0.2, 0.25) is 0 Å². The van der Waals surface area contributed by atoms with Gasteiger partial charge in [0.2, 0.25) is 0 Å². The fourth-order valence-electron chi connectivity index (χ4n) is 4.81. The minimum Gasteiger partial charge on any atom is -0.469 e. The van der Waals surface area contributed by atoms with Gasteiger partial charge in [-0.1, -0.05) is 19.4 Å². The van der Waals surface area contributed by atoms with Crippen LogP contribution in [0.5, 0.6) is 0 Å². The van der Waals surface area contributed by atoms with Crippen molar-refractivity contribution in [3.05, 3.63) is 34.8 Å². The van der Waals surface area contributed by atoms with Crippen LogP contribution >= 0.6 is 0 Å². The van der Waals surface area contributed by atoms with Gasteiger partial charge in [-0.2, -0.15) is 0 Å². The van der Waals surface area contributed by atoms with Crippen molar-refractivity contribution in [2.45, 2.75) is 73.0 Å². The number of furan rings is 1. The summed E-state index contributed by atoms with van der Waals surface area (Å²) in [7, 11) is 0. The van der Waals surface area contributed by atoms with E-state index in [4.69, 9.17) is 13.9 Å². The second-order valence-electron chi connectivity index (χ2n) is 8.70. The van der Waals surface area contributed by atoms with Crippen LogP contribution in [0.25, 0.3) is 0 Å². The lowest BCUT2D eigenvalue weighted by molar-refractivity contribution is -0.189. The molecule has 5 nitrogen and oxygen atoms in total. The van der Waals surface area contributed by atoms with Gasteiger partial charge >= 0.3 is 11.9 Å². The Morgan fingerprint density at radius 3 is 2.59 bits per heavy atom. The largest absolute Gasteiger partial charge is 0.469 e. The van der Waals surface area contributed by atoms with Gasteiger partial charge in [-0.25, -0.2) is 4.79 Å². The highest BCUT2D eigenvalue weighted by Crippen LogP contribution is 2.54. The lowest BCUT2D eigenvalue weighted by atomic mass is 9.54. The lowest BCUT2D eigenvalue weighted by Crippen LogP contribution is -2.56. The smallest absolute Gasteiger partial charge is 0.331 e. The normalized spacial score (nSPS) is 32.1. The van der Waals surface area contributed by atoms with Crippen LogP contribution in [0.1, 0.15) is 57.9 Å². The summed E-state index contributed by atoms with van der Waals surface area (Å²) in [6.07, 6.45) is 4.82. The first-order valence-electron chi connectivity index (χ1n) is 9.70. The number of hydrogen-bond donors (Lipinski definition) is 0. The summed E-state index contributed by atoms with van der Waals surface area (Å²) >= 11 is 0. The summed E-state index contributed by atoms with van der Waals surface area (Å²) in [5.41, 5.74) is 3.30. The molecule has 1 aromatic rings. The van der Waals surface area contributed by atoms with Crippen LogP contribution in [0.3, 0.4) is 0 Å². The molecule has 2 aliphatic rings. The van der Waals surface area contributed by atoms with E-state index in [9.17, 15) is 9.59 Å². The van der Waals surface area contributed by atoms with E-state index in [1.54, 1.807) is 0 Å². The molecule has 0 N–H and O–H groups in total. The molecule has 3 rings (SSSR count). The molecule has 5 atom stereocenters. The number of carbonyl (C=O) groups excluding carboxylic acids is 2. The Bertz CT molecular complexity index is 770. The number of rotatable bonds is 3. The molecule has 0 amide bonds. The highest BCUT2D eigenvalue weighted by molar-refractivity contribution is 5.82. The molecule has 0 radical (unpaired) electrons. The van der Waals surface area contributed by atoms with Gasteiger partial charge in [-0.15, -0.1) is 0 Å². The first kappa shape index (κ1) is 19.7. The Morgan fingerprint density at radius 1 is 1.26 bits per heavy atom. The van der Waals surface area contributed by atoms with Crippen molar-refractivity contribution in [1.29, 1.82) is 0 Å². The van der Waals surface area contributed by atoms with E-state index in [1.165, 1.54) is 24.1 Å². The maximum Gasteiger partial charge on any atom is 0.331 e. The van der Waals surface area contributed by atoms with Crippen molar-refractivity contribution in [2.24, 2.45) is 17.3 Å². The number of carbonyl (C=O) groups is 2. The molecule has 0 unspecified atom stereocenters. The van der Waals surface area contributed by atoms with Crippen molar-refractivity contribution in [2.75, 3.05) is 0 Å². The van der Waals surface area contributed by atoms with Gasteiger partial charge in [-0.3, -0.25) is 4.79 Å². The van der Waals surface area contributed by atoms with E-state index in [0.717, 1.165) is 24.2 Å². The van der Waals surface area contributed by atoms with Crippen molar-refractivity contribution in [3.63, 3.8) is 0 Å². The van der Waals surface area contributed by atoms with Crippen LogP contribution < -0.4 is 0 Å². The van der Waals surface area contributed by atoms with Crippen LogP contribution in [0.15, 0.2) is 22.3 Å². The maximum absolute atomic E-state index is 12.2. The Morgan fingerprint density at radius 2 is 1.96 bits per heavy atom. The SMILES string of the molecule is CC(=O)O[C@@H]1[C@@H](OC(=O)C=C(C)C)C[C@H]2Cc3occ(C)c3C[C@@]2(C)[C@H]1C. The molecule has 1 saturated carbocycles. The number of ether oxygens (including phenoxy) is 2. The zero-order valence-electron chi connectivity index (χ0n) is 17.1. The average Bonchev–Trinajstić information content (AvgIpc) is 2.89. The first-order chi connectivity index (χ1) is 12.6. The fourth-order valence-corrected chi connectivity index (χ4v) is 4.81. The Kier molecular flexibility index (Phi) is 5.24. The number of hydrogen-bond acceptors (Lipinski definition) is 5. The highest BCUT2D eigenvalue weighted by atomic mass is 16.6. The molecular weight excluding hydrogens is 344 g/mol. The fraction of sp³-hybridized carbons (Fsp3) is 0.636. The van der Waals surface area contributed by atoms with Crippen molar-refractivity contribution in [1.82, 2.24) is 0 Å². The Labute approximate surface area is 161 Å². The zero-order valence-corrected chi connectivity index (χ0v) is 17.1. The second kappa shape index (κ2) is 7.17. The van der Waals surface area contributed by atoms with E-state index in [-0.39, 0.29) is 23.3 Å². The first-order valence-corrected chi connectivity index (χ1v) is 9.70. The number of allylic oxidation sites excluding steroid dienone is 1. The maximum atomic E-state index is 12.2.